The molecule has 7 heteroatoms. The van der Waals surface area contributed by atoms with Gasteiger partial charge in [0.1, 0.15) is 5.82 Å². The number of hydrogen-bond donors (Lipinski definition) is 1. The number of halogens is 1. The van der Waals surface area contributed by atoms with Crippen molar-refractivity contribution in [3.05, 3.63) is 70.0 Å². The monoisotopic (exact) mass is 436 g/mol. The number of nitrogens with zero attached hydrogens (tertiary/aromatic N) is 4. The van der Waals surface area contributed by atoms with Crippen molar-refractivity contribution in [1.82, 2.24) is 19.3 Å². The van der Waals surface area contributed by atoms with Crippen LogP contribution in [0, 0.1) is 0 Å². The number of aromatic nitrogens is 4. The highest BCUT2D eigenvalue weighted by molar-refractivity contribution is 6.31. The molecule has 0 aliphatic carbocycles. The van der Waals surface area contributed by atoms with Crippen molar-refractivity contribution >= 4 is 28.6 Å². The molecular weight excluding hydrogens is 412 g/mol. The predicted molar refractivity (Wildman–Crippen MR) is 123 cm³/mol. The zero-order valence-corrected chi connectivity index (χ0v) is 18.6. The minimum Gasteiger partial charge on any atom is -0.481 e. The lowest BCUT2D eigenvalue weighted by Crippen LogP contribution is -2.08. The van der Waals surface area contributed by atoms with Crippen molar-refractivity contribution in [2.24, 2.45) is 7.05 Å². The number of imidazole rings is 1. The Morgan fingerprint density at radius 2 is 1.84 bits per heavy atom. The maximum atomic E-state index is 11.3. The second kappa shape index (κ2) is 8.55. The number of aryl methyl sites for hydroxylation is 2. The van der Waals surface area contributed by atoms with Crippen molar-refractivity contribution < 1.29 is 9.90 Å². The Morgan fingerprint density at radius 3 is 2.48 bits per heavy atom. The molecule has 0 aliphatic rings. The van der Waals surface area contributed by atoms with Gasteiger partial charge in [-0.1, -0.05) is 49.7 Å². The molecule has 0 aliphatic heterocycles. The van der Waals surface area contributed by atoms with Gasteiger partial charge in [0, 0.05) is 28.9 Å². The van der Waals surface area contributed by atoms with E-state index in [1.165, 1.54) is 0 Å². The van der Waals surface area contributed by atoms with E-state index in [0.717, 1.165) is 57.8 Å². The topological polar surface area (TPSA) is 72.9 Å². The number of carbonyl (C=O) groups is 1. The lowest BCUT2D eigenvalue weighted by atomic mass is 10.1. The highest BCUT2D eigenvalue weighted by Crippen LogP contribution is 2.26. The third-order valence-electron chi connectivity index (χ3n) is 5.63. The van der Waals surface area contributed by atoms with E-state index in [9.17, 15) is 9.90 Å². The van der Waals surface area contributed by atoms with Crippen LogP contribution in [0.25, 0.3) is 22.4 Å². The van der Waals surface area contributed by atoms with Crippen LogP contribution < -0.4 is 0 Å². The van der Waals surface area contributed by atoms with Gasteiger partial charge in [-0.25, -0.2) is 4.98 Å². The van der Waals surface area contributed by atoms with E-state index < -0.39 is 5.97 Å². The van der Waals surface area contributed by atoms with Crippen molar-refractivity contribution in [1.29, 1.82) is 0 Å². The summed E-state index contributed by atoms with van der Waals surface area (Å²) in [6.45, 7) is 4.66. The summed E-state index contributed by atoms with van der Waals surface area (Å²) in [5, 5.41) is 14.7. The van der Waals surface area contributed by atoms with E-state index in [0.29, 0.717) is 11.6 Å². The van der Waals surface area contributed by atoms with Gasteiger partial charge in [0.25, 0.3) is 0 Å². The van der Waals surface area contributed by atoms with E-state index in [-0.39, 0.29) is 6.42 Å². The van der Waals surface area contributed by atoms with E-state index in [4.69, 9.17) is 21.7 Å². The third-order valence-corrected chi connectivity index (χ3v) is 5.87. The fraction of sp³-hybridized carbons (Fsp3) is 0.292. The maximum absolute atomic E-state index is 11.3. The average Bonchev–Trinajstić information content (AvgIpc) is 3.24. The molecule has 0 radical (unpaired) electrons. The summed E-state index contributed by atoms with van der Waals surface area (Å²) in [5.41, 5.74) is 6.75. The van der Waals surface area contributed by atoms with Crippen LogP contribution in [0.4, 0.5) is 0 Å². The van der Waals surface area contributed by atoms with Crippen molar-refractivity contribution in [3.8, 4) is 11.4 Å². The van der Waals surface area contributed by atoms with Crippen LogP contribution in [0.1, 0.15) is 36.4 Å². The van der Waals surface area contributed by atoms with Gasteiger partial charge in [-0.3, -0.25) is 9.48 Å². The molecule has 0 amide bonds. The normalized spacial score (nSPS) is 11.4. The fourth-order valence-electron chi connectivity index (χ4n) is 4.12. The lowest BCUT2D eigenvalue weighted by molar-refractivity contribution is -0.136. The first-order valence-electron chi connectivity index (χ1n) is 10.4. The van der Waals surface area contributed by atoms with Crippen LogP contribution in [0.3, 0.4) is 0 Å². The van der Waals surface area contributed by atoms with Crippen LogP contribution in [-0.2, 0) is 37.6 Å². The zero-order chi connectivity index (χ0) is 22.1. The lowest BCUT2D eigenvalue weighted by Gasteiger charge is -2.09. The summed E-state index contributed by atoms with van der Waals surface area (Å²) in [6, 6.07) is 14.0. The summed E-state index contributed by atoms with van der Waals surface area (Å²) in [6.07, 6.45) is 1.48. The number of carboxylic acids is 1. The van der Waals surface area contributed by atoms with Gasteiger partial charge in [0.15, 0.2) is 0 Å². The van der Waals surface area contributed by atoms with Crippen LogP contribution in [-0.4, -0.2) is 30.4 Å². The Kier molecular flexibility index (Phi) is 5.83. The molecule has 1 N–H and O–H groups in total. The molecule has 160 valence electrons. The van der Waals surface area contributed by atoms with Gasteiger partial charge in [-0.15, -0.1) is 0 Å². The van der Waals surface area contributed by atoms with Gasteiger partial charge in [0.05, 0.1) is 29.7 Å². The standard InChI is InChI=1S/C24H25ClN4O2/c1-4-19-18(13-23(30)31)21(5-2)29(27-19)14-15-6-8-16(9-7-15)24-26-20-12-17(25)10-11-22(20)28(24)3/h6-12H,4-5,13-14H2,1-3H3,(H,30,31). The Morgan fingerprint density at radius 1 is 1.10 bits per heavy atom. The molecule has 4 rings (SSSR count). The van der Waals surface area contributed by atoms with Crippen LogP contribution in [0.5, 0.6) is 0 Å². The van der Waals surface area contributed by atoms with Gasteiger partial charge >= 0.3 is 5.97 Å². The number of hydrogen-bond acceptors (Lipinski definition) is 3. The number of carboxylic acid groups (broad SMARTS) is 1. The van der Waals surface area contributed by atoms with Gasteiger partial charge in [0.2, 0.25) is 0 Å². The van der Waals surface area contributed by atoms with Gasteiger partial charge in [-0.2, -0.15) is 5.10 Å². The van der Waals surface area contributed by atoms with Crippen molar-refractivity contribution in [2.75, 3.05) is 0 Å². The van der Waals surface area contributed by atoms with Gasteiger partial charge in [-0.05, 0) is 36.6 Å². The SMILES string of the molecule is CCc1nn(Cc2ccc(-c3nc4cc(Cl)ccc4n3C)cc2)c(CC)c1CC(=O)O. The molecule has 0 spiro atoms. The van der Waals surface area contributed by atoms with E-state index in [2.05, 4.69) is 28.8 Å². The van der Waals surface area contributed by atoms with Crippen molar-refractivity contribution in [2.45, 2.75) is 39.7 Å². The minimum absolute atomic E-state index is 0.0159. The minimum atomic E-state index is -0.822. The Labute approximate surface area is 186 Å². The zero-order valence-electron chi connectivity index (χ0n) is 17.9. The van der Waals surface area contributed by atoms with Crippen molar-refractivity contribution in [3.63, 3.8) is 0 Å². The summed E-state index contributed by atoms with van der Waals surface area (Å²) in [4.78, 5) is 16.0. The second-order valence-corrected chi connectivity index (χ2v) is 8.07. The fourth-order valence-corrected chi connectivity index (χ4v) is 4.28. The molecule has 0 saturated carbocycles. The molecular formula is C24H25ClN4O2. The van der Waals surface area contributed by atoms with E-state index in [1.54, 1.807) is 0 Å². The van der Waals surface area contributed by atoms with Crippen LogP contribution in [0.15, 0.2) is 42.5 Å². The summed E-state index contributed by atoms with van der Waals surface area (Å²) in [5.74, 6) is 0.0613. The smallest absolute Gasteiger partial charge is 0.307 e. The summed E-state index contributed by atoms with van der Waals surface area (Å²) in [7, 11) is 2.00. The largest absolute Gasteiger partial charge is 0.481 e. The molecule has 0 unspecified atom stereocenters. The van der Waals surface area contributed by atoms with Crippen LogP contribution in [0.2, 0.25) is 5.02 Å². The Bertz CT molecular complexity index is 1260. The first-order valence-corrected chi connectivity index (χ1v) is 10.8. The molecule has 2 aromatic heterocycles. The molecule has 0 fully saturated rings. The average molecular weight is 437 g/mol. The Hall–Kier alpha value is -3.12. The van der Waals surface area contributed by atoms with E-state index >= 15 is 0 Å². The number of rotatable bonds is 7. The predicted octanol–water partition coefficient (Wildman–Crippen LogP) is 4.89. The van der Waals surface area contributed by atoms with Crippen LogP contribution >= 0.6 is 11.6 Å². The molecule has 31 heavy (non-hydrogen) atoms. The van der Waals surface area contributed by atoms with E-state index in [1.807, 2.05) is 43.8 Å². The molecule has 2 aromatic carbocycles. The molecule has 2 heterocycles. The molecule has 6 nitrogen and oxygen atoms in total. The molecule has 0 saturated heterocycles. The first-order chi connectivity index (χ1) is 14.9. The second-order valence-electron chi connectivity index (χ2n) is 7.63. The third kappa shape index (κ3) is 4.08. The molecule has 0 bridgehead atoms. The maximum Gasteiger partial charge on any atom is 0.307 e. The molecule has 0 atom stereocenters. The summed E-state index contributed by atoms with van der Waals surface area (Å²) >= 11 is 6.11. The molecule has 4 aromatic rings. The highest BCUT2D eigenvalue weighted by atomic mass is 35.5. The highest BCUT2D eigenvalue weighted by Gasteiger charge is 2.18. The number of aliphatic carboxylic acids is 1. The Balaban J connectivity index is 1.63. The van der Waals surface area contributed by atoms with Gasteiger partial charge < -0.3 is 9.67 Å². The quantitative estimate of drug-likeness (QED) is 0.447. The number of benzene rings is 2. The summed E-state index contributed by atoms with van der Waals surface area (Å²) < 4.78 is 4.01. The first kappa shape index (κ1) is 21.1. The number of fused-ring (bicyclic) bond motifs is 1.